The molecule has 7 nitrogen and oxygen atoms in total. The average Bonchev–Trinajstić information content (AvgIpc) is 3.29. The number of carbonyl (C=O) groups excluding carboxylic acids is 4. The molecule has 3 aromatic rings. The van der Waals surface area contributed by atoms with Gasteiger partial charge in [0.05, 0.1) is 0 Å². The molecule has 1 aliphatic heterocycles. The summed E-state index contributed by atoms with van der Waals surface area (Å²) in [6.07, 6.45) is 1.40. The van der Waals surface area contributed by atoms with E-state index in [0.29, 0.717) is 25.9 Å². The smallest absolute Gasteiger partial charge is 0.289 e. The van der Waals surface area contributed by atoms with Crippen LogP contribution in [0.25, 0.3) is 0 Å². The molecule has 1 unspecified atom stereocenters. The maximum absolute atomic E-state index is 13.3. The molecule has 1 fully saturated rings. The Labute approximate surface area is 216 Å². The zero-order chi connectivity index (χ0) is 26.0. The van der Waals surface area contributed by atoms with Crippen molar-refractivity contribution in [2.45, 2.75) is 44.3 Å². The number of rotatable bonds is 11. The number of ketones is 1. The molecular weight excluding hydrogens is 466 g/mol. The molecule has 3 aromatic carbocycles. The number of likely N-dealkylation sites (tertiary alicyclic amines) is 1. The Bertz CT molecular complexity index is 1220. The Hall–Kier alpha value is -4.26. The summed E-state index contributed by atoms with van der Waals surface area (Å²) in [5.41, 5.74) is 2.79. The molecule has 0 bridgehead atoms. The van der Waals surface area contributed by atoms with Crippen LogP contribution in [0.2, 0.25) is 0 Å². The molecule has 2 N–H and O–H groups in total. The topological polar surface area (TPSA) is 95.6 Å². The lowest BCUT2D eigenvalue weighted by Gasteiger charge is -2.26. The van der Waals surface area contributed by atoms with Gasteiger partial charge in [-0.15, -0.1) is 0 Å². The first-order valence-corrected chi connectivity index (χ1v) is 12.5. The number of hydrogen-bond acceptors (Lipinski definition) is 4. The summed E-state index contributed by atoms with van der Waals surface area (Å²) in [6, 6.07) is 26.6. The summed E-state index contributed by atoms with van der Waals surface area (Å²) in [6.45, 7) is 0.623. The van der Waals surface area contributed by atoms with Gasteiger partial charge in [-0.25, -0.2) is 0 Å². The maximum atomic E-state index is 13.3. The van der Waals surface area contributed by atoms with Gasteiger partial charge in [-0.05, 0) is 29.5 Å². The Balaban J connectivity index is 1.43. The van der Waals surface area contributed by atoms with Crippen LogP contribution in [-0.2, 0) is 38.6 Å². The van der Waals surface area contributed by atoms with Crippen molar-refractivity contribution in [1.29, 1.82) is 0 Å². The first-order valence-electron chi connectivity index (χ1n) is 12.5. The highest BCUT2D eigenvalue weighted by atomic mass is 16.2. The van der Waals surface area contributed by atoms with Gasteiger partial charge in [0, 0.05) is 25.9 Å². The predicted octanol–water partition coefficient (Wildman–Crippen LogP) is 2.83. The van der Waals surface area contributed by atoms with E-state index < -0.39 is 29.7 Å². The average molecular weight is 498 g/mol. The minimum absolute atomic E-state index is 0.103. The van der Waals surface area contributed by atoms with Gasteiger partial charge in [0.15, 0.2) is 0 Å². The van der Waals surface area contributed by atoms with Crippen molar-refractivity contribution in [3.63, 3.8) is 0 Å². The fourth-order valence-corrected chi connectivity index (χ4v) is 4.52. The van der Waals surface area contributed by atoms with Crippen LogP contribution in [0.4, 0.5) is 0 Å². The van der Waals surface area contributed by atoms with Gasteiger partial charge >= 0.3 is 0 Å². The molecule has 1 heterocycles. The third-order valence-corrected chi connectivity index (χ3v) is 6.51. The number of hydrogen-bond donors (Lipinski definition) is 2. The Morgan fingerprint density at radius 3 is 2.00 bits per heavy atom. The molecule has 4 rings (SSSR count). The molecule has 37 heavy (non-hydrogen) atoms. The normalized spacial score (nSPS) is 15.7. The van der Waals surface area contributed by atoms with Crippen molar-refractivity contribution in [2.24, 2.45) is 0 Å². The van der Waals surface area contributed by atoms with Crippen LogP contribution >= 0.6 is 0 Å². The highest BCUT2D eigenvalue weighted by Gasteiger charge is 2.38. The highest BCUT2D eigenvalue weighted by molar-refractivity contribution is 6.38. The molecule has 0 saturated carbocycles. The summed E-state index contributed by atoms with van der Waals surface area (Å²) in [5.74, 6) is -1.97. The van der Waals surface area contributed by atoms with Gasteiger partial charge in [-0.3, -0.25) is 19.2 Å². The standard InChI is InChI=1S/C30H31N3O4/c34-27-17-16-26(33(27)21-24-14-8-3-9-15-24)29(36)32-25(20-23-12-6-2-7-13-23)28(35)30(37)31-19-18-22-10-4-1-5-11-22/h1-15,25-26H,16-21H2,(H,31,37)(H,32,36)/t25?,26-/m0/s1. The highest BCUT2D eigenvalue weighted by Crippen LogP contribution is 2.22. The summed E-state index contributed by atoms with van der Waals surface area (Å²) >= 11 is 0. The van der Waals surface area contributed by atoms with Crippen molar-refractivity contribution in [1.82, 2.24) is 15.5 Å². The predicted molar refractivity (Wildman–Crippen MR) is 140 cm³/mol. The van der Waals surface area contributed by atoms with E-state index in [1.54, 1.807) is 4.90 Å². The van der Waals surface area contributed by atoms with E-state index in [0.717, 1.165) is 16.7 Å². The first kappa shape index (κ1) is 25.8. The Morgan fingerprint density at radius 2 is 1.38 bits per heavy atom. The number of benzene rings is 3. The molecule has 1 saturated heterocycles. The second-order valence-electron chi connectivity index (χ2n) is 9.17. The molecule has 0 aliphatic carbocycles. The van der Waals surface area contributed by atoms with E-state index in [1.165, 1.54) is 0 Å². The summed E-state index contributed by atoms with van der Waals surface area (Å²) in [7, 11) is 0. The van der Waals surface area contributed by atoms with Crippen molar-refractivity contribution in [2.75, 3.05) is 6.54 Å². The Morgan fingerprint density at radius 1 is 0.811 bits per heavy atom. The van der Waals surface area contributed by atoms with Gasteiger partial charge in [0.25, 0.3) is 5.91 Å². The zero-order valence-corrected chi connectivity index (χ0v) is 20.6. The minimum Gasteiger partial charge on any atom is -0.349 e. The SMILES string of the molecule is O=C(NCCc1ccccc1)C(=O)C(Cc1ccccc1)NC(=O)[C@@H]1CCC(=O)N1Cc1ccccc1. The number of nitrogens with zero attached hydrogens (tertiary/aromatic N) is 1. The van der Waals surface area contributed by atoms with Crippen LogP contribution in [0.5, 0.6) is 0 Å². The van der Waals surface area contributed by atoms with E-state index >= 15 is 0 Å². The second-order valence-corrected chi connectivity index (χ2v) is 9.17. The van der Waals surface area contributed by atoms with Crippen LogP contribution in [0, 0.1) is 0 Å². The van der Waals surface area contributed by atoms with Crippen LogP contribution in [-0.4, -0.2) is 47.0 Å². The van der Waals surface area contributed by atoms with Gasteiger partial charge in [-0.1, -0.05) is 91.0 Å². The lowest BCUT2D eigenvalue weighted by molar-refractivity contribution is -0.141. The van der Waals surface area contributed by atoms with Gasteiger partial charge in [-0.2, -0.15) is 0 Å². The van der Waals surface area contributed by atoms with Crippen molar-refractivity contribution in [3.8, 4) is 0 Å². The monoisotopic (exact) mass is 497 g/mol. The van der Waals surface area contributed by atoms with E-state index in [4.69, 9.17) is 0 Å². The number of nitrogens with one attached hydrogen (secondary N) is 2. The fraction of sp³-hybridized carbons (Fsp3) is 0.267. The van der Waals surface area contributed by atoms with Crippen molar-refractivity contribution >= 4 is 23.5 Å². The quantitative estimate of drug-likeness (QED) is 0.398. The molecule has 3 amide bonds. The Kier molecular flexibility index (Phi) is 8.81. The number of Topliss-reactive ketones (excluding diaryl/α,β-unsaturated/α-hetero) is 1. The van der Waals surface area contributed by atoms with Crippen LogP contribution in [0.3, 0.4) is 0 Å². The van der Waals surface area contributed by atoms with Gasteiger partial charge in [0.2, 0.25) is 17.6 Å². The van der Waals surface area contributed by atoms with Gasteiger partial charge in [0.1, 0.15) is 12.1 Å². The van der Waals surface area contributed by atoms with Crippen molar-refractivity contribution in [3.05, 3.63) is 108 Å². The molecule has 1 aliphatic rings. The molecule has 190 valence electrons. The first-order chi connectivity index (χ1) is 18.0. The van der Waals surface area contributed by atoms with Crippen LogP contribution in [0.1, 0.15) is 29.5 Å². The summed E-state index contributed by atoms with van der Waals surface area (Å²) < 4.78 is 0. The van der Waals surface area contributed by atoms with E-state index in [9.17, 15) is 19.2 Å². The van der Waals surface area contributed by atoms with Crippen molar-refractivity contribution < 1.29 is 19.2 Å². The maximum Gasteiger partial charge on any atom is 0.289 e. The summed E-state index contributed by atoms with van der Waals surface area (Å²) in [5, 5.41) is 5.47. The van der Waals surface area contributed by atoms with Crippen LogP contribution in [0.15, 0.2) is 91.0 Å². The van der Waals surface area contributed by atoms with E-state index in [1.807, 2.05) is 91.0 Å². The molecule has 0 spiro atoms. The van der Waals surface area contributed by atoms with Gasteiger partial charge < -0.3 is 15.5 Å². The van der Waals surface area contributed by atoms with E-state index in [-0.39, 0.29) is 18.7 Å². The van der Waals surface area contributed by atoms with E-state index in [2.05, 4.69) is 10.6 Å². The third kappa shape index (κ3) is 7.13. The molecule has 0 aromatic heterocycles. The zero-order valence-electron chi connectivity index (χ0n) is 20.6. The summed E-state index contributed by atoms with van der Waals surface area (Å²) in [4.78, 5) is 53.4. The molecule has 7 heteroatoms. The number of carbonyl (C=O) groups is 4. The lowest BCUT2D eigenvalue weighted by Crippen LogP contribution is -2.53. The largest absolute Gasteiger partial charge is 0.349 e. The second kappa shape index (κ2) is 12.6. The fourth-order valence-electron chi connectivity index (χ4n) is 4.52. The number of amides is 3. The lowest BCUT2D eigenvalue weighted by atomic mass is 10.0. The van der Waals surface area contributed by atoms with Crippen LogP contribution < -0.4 is 10.6 Å². The third-order valence-electron chi connectivity index (χ3n) is 6.51. The minimum atomic E-state index is -1.04. The molecular formula is C30H31N3O4. The molecule has 0 radical (unpaired) electrons. The molecule has 2 atom stereocenters.